The van der Waals surface area contributed by atoms with Crippen LogP contribution < -0.4 is 21.8 Å². The fourth-order valence-electron chi connectivity index (χ4n) is 3.75. The molecule has 5 N–H and O–H groups in total. The molecule has 1 aromatic carbocycles. The molecule has 33 heavy (non-hydrogen) atoms. The lowest BCUT2D eigenvalue weighted by Crippen LogP contribution is -2.40. The summed E-state index contributed by atoms with van der Waals surface area (Å²) in [6.45, 7) is 6.69. The Morgan fingerprint density at radius 2 is 1.97 bits per heavy atom. The Bertz CT molecular complexity index is 956. The summed E-state index contributed by atoms with van der Waals surface area (Å²) in [6, 6.07) is 5.96. The molecule has 1 amide bonds. The van der Waals surface area contributed by atoms with E-state index in [9.17, 15) is 4.79 Å². The Kier molecular flexibility index (Phi) is 11.6. The van der Waals surface area contributed by atoms with Crippen LogP contribution in [0.2, 0.25) is 0 Å². The van der Waals surface area contributed by atoms with Crippen molar-refractivity contribution >= 4 is 53.4 Å². The zero-order valence-corrected chi connectivity index (χ0v) is 21.2. The molecule has 1 fully saturated rings. The number of aryl methyl sites for hydroxylation is 1. The van der Waals surface area contributed by atoms with Gasteiger partial charge in [0.05, 0.1) is 24.7 Å². The molecule has 1 heterocycles. The lowest BCUT2D eigenvalue weighted by molar-refractivity contribution is 0.0939. The molecule has 3 rings (SSSR count). The molecule has 9 nitrogen and oxygen atoms in total. The number of carbonyl (C=O) groups is 1. The number of guanidine groups is 1. The molecule has 2 atom stereocenters. The van der Waals surface area contributed by atoms with Gasteiger partial charge in [-0.2, -0.15) is 0 Å². The second-order valence-corrected chi connectivity index (χ2v) is 8.44. The summed E-state index contributed by atoms with van der Waals surface area (Å²) in [5.41, 5.74) is 10.3. The van der Waals surface area contributed by atoms with E-state index in [2.05, 4.69) is 31.1 Å². The first-order valence-electron chi connectivity index (χ1n) is 10.8. The van der Waals surface area contributed by atoms with Crippen LogP contribution in [-0.4, -0.2) is 47.6 Å². The predicted octanol–water partition coefficient (Wildman–Crippen LogP) is 3.36. The minimum atomic E-state index is -0.272. The normalized spacial score (nSPS) is 18.3. The van der Waals surface area contributed by atoms with Crippen LogP contribution in [-0.2, 0) is 4.84 Å². The van der Waals surface area contributed by atoms with Crippen molar-refractivity contribution in [1.29, 1.82) is 0 Å². The number of nitrogens with two attached hydrogens (primary N) is 1. The first-order valence-corrected chi connectivity index (χ1v) is 10.8. The van der Waals surface area contributed by atoms with Gasteiger partial charge in [-0.3, -0.25) is 9.63 Å². The predicted molar refractivity (Wildman–Crippen MR) is 137 cm³/mol. The Morgan fingerprint density at radius 3 is 2.67 bits per heavy atom. The SMILES string of the molecule is CONC(N)=N[C@@H]1CCCC[C@@H]1Nc1nc(C(=O)NCC(C)C)nc2ccc(C)cc12.Cl.Cl. The third kappa shape index (κ3) is 7.87. The fraction of sp³-hybridized carbons (Fsp3) is 0.545. The fourth-order valence-corrected chi connectivity index (χ4v) is 3.75. The molecule has 11 heteroatoms. The van der Waals surface area contributed by atoms with E-state index in [1.165, 1.54) is 7.11 Å². The van der Waals surface area contributed by atoms with E-state index in [1.54, 1.807) is 0 Å². The number of benzene rings is 1. The Hall–Kier alpha value is -2.36. The number of nitrogens with one attached hydrogen (secondary N) is 3. The van der Waals surface area contributed by atoms with Crippen LogP contribution in [0.4, 0.5) is 5.82 Å². The smallest absolute Gasteiger partial charge is 0.289 e. The van der Waals surface area contributed by atoms with Gasteiger partial charge in [-0.25, -0.2) is 20.4 Å². The minimum Gasteiger partial charge on any atom is -0.368 e. The van der Waals surface area contributed by atoms with Crippen molar-refractivity contribution in [1.82, 2.24) is 20.8 Å². The summed E-state index contributed by atoms with van der Waals surface area (Å²) < 4.78 is 0. The van der Waals surface area contributed by atoms with Crippen LogP contribution in [0.5, 0.6) is 0 Å². The number of aliphatic imine (C=N–C) groups is 1. The maximum Gasteiger partial charge on any atom is 0.289 e. The van der Waals surface area contributed by atoms with Crippen LogP contribution >= 0.6 is 24.8 Å². The summed E-state index contributed by atoms with van der Waals surface area (Å²) in [4.78, 5) is 31.2. The van der Waals surface area contributed by atoms with Crippen molar-refractivity contribution < 1.29 is 9.63 Å². The molecule has 2 aromatic rings. The van der Waals surface area contributed by atoms with Crippen LogP contribution in [0, 0.1) is 12.8 Å². The highest BCUT2D eigenvalue weighted by atomic mass is 35.5. The number of rotatable bonds is 7. The lowest BCUT2D eigenvalue weighted by Gasteiger charge is -2.30. The number of hydrogen-bond acceptors (Lipinski definition) is 6. The van der Waals surface area contributed by atoms with Gasteiger partial charge in [-0.15, -0.1) is 24.8 Å². The maximum atomic E-state index is 12.7. The van der Waals surface area contributed by atoms with Gasteiger partial charge in [0.1, 0.15) is 5.82 Å². The number of amides is 1. The first-order chi connectivity index (χ1) is 14.9. The average molecular weight is 500 g/mol. The van der Waals surface area contributed by atoms with Gasteiger partial charge in [0.15, 0.2) is 0 Å². The van der Waals surface area contributed by atoms with Gasteiger partial charge in [0.2, 0.25) is 11.8 Å². The van der Waals surface area contributed by atoms with Gasteiger partial charge in [-0.05, 0) is 37.8 Å². The molecule has 1 saturated carbocycles. The number of anilines is 1. The molecular weight excluding hydrogens is 465 g/mol. The van der Waals surface area contributed by atoms with E-state index in [0.717, 1.165) is 42.1 Å². The molecule has 0 saturated heterocycles. The van der Waals surface area contributed by atoms with Crippen molar-refractivity contribution in [2.45, 2.75) is 58.5 Å². The number of halogens is 2. The molecule has 0 unspecified atom stereocenters. The molecule has 184 valence electrons. The molecule has 1 aliphatic carbocycles. The van der Waals surface area contributed by atoms with E-state index >= 15 is 0 Å². The highest BCUT2D eigenvalue weighted by Crippen LogP contribution is 2.28. The zero-order valence-electron chi connectivity index (χ0n) is 19.6. The van der Waals surface area contributed by atoms with Crippen LogP contribution in [0.25, 0.3) is 10.9 Å². The summed E-state index contributed by atoms with van der Waals surface area (Å²) in [6.07, 6.45) is 4.01. The van der Waals surface area contributed by atoms with E-state index in [1.807, 2.05) is 39.0 Å². The zero-order chi connectivity index (χ0) is 22.4. The molecule has 1 aliphatic rings. The van der Waals surface area contributed by atoms with Crippen molar-refractivity contribution in [3.05, 3.63) is 29.6 Å². The number of carbonyl (C=O) groups excluding carboxylic acids is 1. The van der Waals surface area contributed by atoms with Crippen molar-refractivity contribution in [2.75, 3.05) is 19.0 Å². The lowest BCUT2D eigenvalue weighted by atomic mass is 9.90. The van der Waals surface area contributed by atoms with Crippen molar-refractivity contribution in [2.24, 2.45) is 16.6 Å². The van der Waals surface area contributed by atoms with Gasteiger partial charge >= 0.3 is 0 Å². The summed E-state index contributed by atoms with van der Waals surface area (Å²) in [7, 11) is 1.50. The quantitative estimate of drug-likeness (QED) is 0.261. The maximum absolute atomic E-state index is 12.7. The molecule has 1 aromatic heterocycles. The number of fused-ring (bicyclic) bond motifs is 1. The molecule has 0 radical (unpaired) electrons. The highest BCUT2D eigenvalue weighted by molar-refractivity contribution is 5.96. The van der Waals surface area contributed by atoms with Crippen molar-refractivity contribution in [3.63, 3.8) is 0 Å². The summed E-state index contributed by atoms with van der Waals surface area (Å²) >= 11 is 0. The Labute approximate surface area is 207 Å². The van der Waals surface area contributed by atoms with E-state index in [0.29, 0.717) is 18.3 Å². The molecule has 0 bridgehead atoms. The number of aromatic nitrogens is 2. The standard InChI is InChI=1S/C22H33N7O2.2ClH/c1-13(2)12-24-21(30)20-25-16-10-9-14(3)11-15(16)19(28-20)26-17-7-5-6-8-18(17)27-22(23)29-31-4;;/h9-11,13,17-18H,5-8,12H2,1-4H3,(H,24,30)(H3,23,27,29)(H,25,26,28);2*1H/t17-,18+;;/m0../s1. The third-order valence-corrected chi connectivity index (χ3v) is 5.29. The van der Waals surface area contributed by atoms with Gasteiger partial charge < -0.3 is 16.4 Å². The molecule has 0 spiro atoms. The van der Waals surface area contributed by atoms with Crippen LogP contribution in [0.15, 0.2) is 23.2 Å². The molecule has 0 aliphatic heterocycles. The third-order valence-electron chi connectivity index (χ3n) is 5.29. The highest BCUT2D eigenvalue weighted by Gasteiger charge is 2.26. The Balaban J connectivity index is 0.00000272. The van der Waals surface area contributed by atoms with E-state index in [-0.39, 0.29) is 54.6 Å². The second-order valence-electron chi connectivity index (χ2n) is 8.44. The summed E-state index contributed by atoms with van der Waals surface area (Å²) in [5, 5.41) is 7.33. The number of hydrogen-bond donors (Lipinski definition) is 4. The summed E-state index contributed by atoms with van der Waals surface area (Å²) in [5.74, 6) is 1.13. The largest absolute Gasteiger partial charge is 0.368 e. The Morgan fingerprint density at radius 1 is 1.24 bits per heavy atom. The number of hydroxylamine groups is 1. The second kappa shape index (κ2) is 13.4. The molecular formula is C22H35Cl2N7O2. The van der Waals surface area contributed by atoms with Crippen LogP contribution in [0.1, 0.15) is 55.7 Å². The monoisotopic (exact) mass is 499 g/mol. The van der Waals surface area contributed by atoms with Gasteiger partial charge in [0.25, 0.3) is 5.91 Å². The minimum absolute atomic E-state index is 0. The van der Waals surface area contributed by atoms with E-state index in [4.69, 9.17) is 10.6 Å². The number of nitrogens with zero attached hydrogens (tertiary/aromatic N) is 3. The first kappa shape index (κ1) is 28.7. The van der Waals surface area contributed by atoms with Crippen LogP contribution in [0.3, 0.4) is 0 Å². The topological polar surface area (TPSA) is 127 Å². The van der Waals surface area contributed by atoms with Gasteiger partial charge in [0, 0.05) is 11.9 Å². The average Bonchev–Trinajstić information content (AvgIpc) is 2.73. The van der Waals surface area contributed by atoms with Crippen molar-refractivity contribution in [3.8, 4) is 0 Å². The van der Waals surface area contributed by atoms with Gasteiger partial charge in [-0.1, -0.05) is 38.3 Å². The van der Waals surface area contributed by atoms with E-state index < -0.39 is 0 Å².